The molecule has 0 aliphatic carbocycles. The molecule has 3 heterocycles. The number of nitrogens with zero attached hydrogens (tertiary/aromatic N) is 2. The Morgan fingerprint density at radius 2 is 1.78 bits per heavy atom. The molecule has 5 rings (SSSR count). The van der Waals surface area contributed by atoms with Crippen LogP contribution in [0.1, 0.15) is 58.4 Å². The van der Waals surface area contributed by atoms with Crippen LogP contribution in [0, 0.1) is 6.92 Å². The number of carbonyl (C=O) groups excluding carboxylic acids is 3. The normalized spacial score (nSPS) is 20.3. The highest BCUT2D eigenvalue weighted by atomic mass is 16.5. The van der Waals surface area contributed by atoms with Crippen molar-refractivity contribution in [1.82, 2.24) is 4.90 Å². The summed E-state index contributed by atoms with van der Waals surface area (Å²) in [6, 6.07) is 13.1. The summed E-state index contributed by atoms with van der Waals surface area (Å²) in [5.41, 5.74) is 2.81. The molecule has 2 aromatic rings. The molecule has 32 heavy (non-hydrogen) atoms. The van der Waals surface area contributed by atoms with E-state index in [1.807, 2.05) is 49.4 Å². The Balaban J connectivity index is 1.19. The zero-order chi connectivity index (χ0) is 22.3. The van der Waals surface area contributed by atoms with Crippen molar-refractivity contribution < 1.29 is 19.1 Å². The molecular formula is C26H28N2O4. The van der Waals surface area contributed by atoms with Crippen LogP contribution in [0.2, 0.25) is 0 Å². The lowest BCUT2D eigenvalue weighted by Crippen LogP contribution is -2.51. The van der Waals surface area contributed by atoms with E-state index in [2.05, 4.69) is 4.90 Å². The molecule has 3 aliphatic heterocycles. The summed E-state index contributed by atoms with van der Waals surface area (Å²) < 4.78 is 6.33. The van der Waals surface area contributed by atoms with Crippen LogP contribution < -0.4 is 9.64 Å². The van der Waals surface area contributed by atoms with E-state index in [4.69, 9.17) is 4.74 Å². The summed E-state index contributed by atoms with van der Waals surface area (Å²) >= 11 is 0. The third kappa shape index (κ3) is 3.95. The first-order chi connectivity index (χ1) is 15.4. The van der Waals surface area contributed by atoms with Gasteiger partial charge in [-0.2, -0.15) is 0 Å². The summed E-state index contributed by atoms with van der Waals surface area (Å²) in [6.45, 7) is 4.52. The summed E-state index contributed by atoms with van der Waals surface area (Å²) in [7, 11) is 0. The van der Waals surface area contributed by atoms with Gasteiger partial charge in [-0.1, -0.05) is 11.6 Å². The van der Waals surface area contributed by atoms with Crippen molar-refractivity contribution in [2.45, 2.75) is 44.6 Å². The topological polar surface area (TPSA) is 66.9 Å². The van der Waals surface area contributed by atoms with E-state index in [9.17, 15) is 14.4 Å². The van der Waals surface area contributed by atoms with Crippen molar-refractivity contribution in [3.8, 4) is 5.75 Å². The van der Waals surface area contributed by atoms with E-state index in [-0.39, 0.29) is 17.5 Å². The third-order valence-electron chi connectivity index (χ3n) is 6.95. The van der Waals surface area contributed by atoms with Gasteiger partial charge in [0.1, 0.15) is 11.4 Å². The standard InChI is InChI=1S/C26H28N2O4/c1-18-4-9-24-21(15-18)22(29)16-26(32-24)10-13-27(14-11-26)17-23(30)19-5-7-20(8-6-19)28-12-2-3-25(28)31/h4-9,15H,2-3,10-14,16-17H2,1H3. The average molecular weight is 433 g/mol. The average Bonchev–Trinajstić information content (AvgIpc) is 3.22. The van der Waals surface area contributed by atoms with Gasteiger partial charge in [0.2, 0.25) is 5.91 Å². The lowest BCUT2D eigenvalue weighted by molar-refractivity contribution is -0.117. The minimum atomic E-state index is -0.456. The number of ketones is 2. The van der Waals surface area contributed by atoms with E-state index in [1.165, 1.54) is 0 Å². The Kier molecular flexibility index (Phi) is 5.33. The second-order valence-corrected chi connectivity index (χ2v) is 9.28. The molecule has 3 aliphatic rings. The number of hydrogen-bond donors (Lipinski definition) is 0. The van der Waals surface area contributed by atoms with E-state index in [0.29, 0.717) is 36.3 Å². The first-order valence-electron chi connectivity index (χ1n) is 11.4. The Labute approximate surface area is 188 Å². The molecular weight excluding hydrogens is 404 g/mol. The summed E-state index contributed by atoms with van der Waals surface area (Å²) in [4.78, 5) is 41.4. The summed E-state index contributed by atoms with van der Waals surface area (Å²) in [5, 5.41) is 0. The van der Waals surface area contributed by atoms with Crippen LogP contribution in [-0.2, 0) is 4.79 Å². The molecule has 0 atom stereocenters. The molecule has 0 N–H and O–H groups in total. The molecule has 1 amide bonds. The van der Waals surface area contributed by atoms with E-state index in [0.717, 1.165) is 50.1 Å². The second kappa shape index (κ2) is 8.17. The van der Waals surface area contributed by atoms with Crippen molar-refractivity contribution in [3.63, 3.8) is 0 Å². The fraction of sp³-hybridized carbons (Fsp3) is 0.423. The van der Waals surface area contributed by atoms with Gasteiger partial charge in [-0.05, 0) is 49.7 Å². The number of fused-ring (bicyclic) bond motifs is 1. The number of ether oxygens (including phenoxy) is 1. The lowest BCUT2D eigenvalue weighted by atomic mass is 9.82. The highest BCUT2D eigenvalue weighted by Gasteiger charge is 2.43. The Morgan fingerprint density at radius 3 is 2.47 bits per heavy atom. The number of piperidine rings is 1. The molecule has 0 bridgehead atoms. The monoisotopic (exact) mass is 432 g/mol. The van der Waals surface area contributed by atoms with E-state index < -0.39 is 5.60 Å². The second-order valence-electron chi connectivity index (χ2n) is 9.28. The molecule has 0 saturated carbocycles. The van der Waals surface area contributed by atoms with Gasteiger partial charge in [-0.15, -0.1) is 0 Å². The van der Waals surface area contributed by atoms with E-state index >= 15 is 0 Å². The Morgan fingerprint density at radius 1 is 1.03 bits per heavy atom. The van der Waals surface area contributed by atoms with Crippen LogP contribution in [0.15, 0.2) is 42.5 Å². The number of Topliss-reactive ketones (excluding diaryl/α,β-unsaturated/α-hetero) is 2. The number of carbonyl (C=O) groups is 3. The van der Waals surface area contributed by atoms with Gasteiger partial charge in [0.15, 0.2) is 11.6 Å². The van der Waals surface area contributed by atoms with Gasteiger partial charge < -0.3 is 9.64 Å². The number of benzene rings is 2. The van der Waals surface area contributed by atoms with Crippen molar-refractivity contribution in [2.75, 3.05) is 31.1 Å². The molecule has 0 radical (unpaired) electrons. The predicted octanol–water partition coefficient (Wildman–Crippen LogP) is 3.80. The molecule has 2 saturated heterocycles. The number of aryl methyl sites for hydroxylation is 1. The zero-order valence-corrected chi connectivity index (χ0v) is 18.4. The van der Waals surface area contributed by atoms with Crippen LogP contribution in [0.5, 0.6) is 5.75 Å². The molecule has 6 heteroatoms. The first-order valence-corrected chi connectivity index (χ1v) is 11.4. The zero-order valence-electron chi connectivity index (χ0n) is 18.4. The number of amides is 1. The summed E-state index contributed by atoms with van der Waals surface area (Å²) in [5.74, 6) is 1.05. The molecule has 2 aromatic carbocycles. The molecule has 0 aromatic heterocycles. The maximum absolute atomic E-state index is 12.8. The van der Waals surface area contributed by atoms with Crippen molar-refractivity contribution in [3.05, 3.63) is 59.2 Å². The lowest BCUT2D eigenvalue weighted by Gasteiger charge is -2.43. The van der Waals surface area contributed by atoms with Crippen molar-refractivity contribution in [2.24, 2.45) is 0 Å². The van der Waals surface area contributed by atoms with Crippen molar-refractivity contribution in [1.29, 1.82) is 0 Å². The van der Waals surface area contributed by atoms with Crippen LogP contribution in [0.4, 0.5) is 5.69 Å². The van der Waals surface area contributed by atoms with Crippen LogP contribution >= 0.6 is 0 Å². The van der Waals surface area contributed by atoms with Gasteiger partial charge in [-0.3, -0.25) is 19.3 Å². The minimum absolute atomic E-state index is 0.0710. The van der Waals surface area contributed by atoms with E-state index in [1.54, 1.807) is 4.90 Å². The fourth-order valence-electron chi connectivity index (χ4n) is 5.05. The maximum atomic E-state index is 12.8. The van der Waals surface area contributed by atoms with Gasteiger partial charge in [-0.25, -0.2) is 0 Å². The molecule has 166 valence electrons. The molecule has 2 fully saturated rings. The molecule has 1 spiro atoms. The number of rotatable bonds is 4. The largest absolute Gasteiger partial charge is 0.486 e. The third-order valence-corrected chi connectivity index (χ3v) is 6.95. The van der Waals surface area contributed by atoms with Gasteiger partial charge in [0.05, 0.1) is 18.5 Å². The minimum Gasteiger partial charge on any atom is -0.486 e. The van der Waals surface area contributed by atoms with Gasteiger partial charge in [0, 0.05) is 50.1 Å². The van der Waals surface area contributed by atoms with Gasteiger partial charge >= 0.3 is 0 Å². The first kappa shape index (κ1) is 20.9. The van der Waals surface area contributed by atoms with Crippen molar-refractivity contribution >= 4 is 23.2 Å². The number of anilines is 1. The van der Waals surface area contributed by atoms with Crippen LogP contribution in [-0.4, -0.2) is 54.2 Å². The summed E-state index contributed by atoms with van der Waals surface area (Å²) in [6.07, 6.45) is 3.35. The smallest absolute Gasteiger partial charge is 0.227 e. The van der Waals surface area contributed by atoms with Gasteiger partial charge in [0.25, 0.3) is 0 Å². The molecule has 0 unspecified atom stereocenters. The highest BCUT2D eigenvalue weighted by Crippen LogP contribution is 2.39. The Bertz CT molecular complexity index is 1070. The number of hydrogen-bond acceptors (Lipinski definition) is 5. The Hall–Kier alpha value is -2.99. The quantitative estimate of drug-likeness (QED) is 0.688. The molecule has 6 nitrogen and oxygen atoms in total. The number of likely N-dealkylation sites (tertiary alicyclic amines) is 1. The fourth-order valence-corrected chi connectivity index (χ4v) is 5.05. The van der Waals surface area contributed by atoms with Crippen LogP contribution in [0.3, 0.4) is 0 Å². The SMILES string of the molecule is Cc1ccc2c(c1)C(=O)CC1(CCN(CC(=O)c3ccc(N4CCCC4=O)cc3)CC1)O2. The van der Waals surface area contributed by atoms with Crippen LogP contribution in [0.25, 0.3) is 0 Å². The predicted molar refractivity (Wildman–Crippen MR) is 122 cm³/mol. The maximum Gasteiger partial charge on any atom is 0.227 e. The highest BCUT2D eigenvalue weighted by molar-refractivity contribution is 6.01.